The Morgan fingerprint density at radius 3 is 2.75 bits per heavy atom. The van der Waals surface area contributed by atoms with E-state index >= 15 is 0 Å². The Balaban J connectivity index is 1.85. The fourth-order valence-electron chi connectivity index (χ4n) is 2.95. The number of anilines is 1. The second-order valence-electron chi connectivity index (χ2n) is 5.96. The van der Waals surface area contributed by atoms with Crippen molar-refractivity contribution in [3.63, 3.8) is 0 Å². The topological polar surface area (TPSA) is 119 Å². The second-order valence-corrected chi connectivity index (χ2v) is 9.79. The summed E-state index contributed by atoms with van der Waals surface area (Å²) < 4.78 is 32.1. The van der Waals surface area contributed by atoms with Gasteiger partial charge in [-0.2, -0.15) is 4.31 Å². The number of nitrogens with zero attached hydrogens (tertiary/aromatic N) is 2. The molecule has 28 heavy (non-hydrogen) atoms. The zero-order valence-electron chi connectivity index (χ0n) is 14.6. The molecule has 0 radical (unpaired) electrons. The Morgan fingerprint density at radius 1 is 1.39 bits per heavy atom. The van der Waals surface area contributed by atoms with Crippen LogP contribution in [0, 0.1) is 10.1 Å². The molecule has 0 unspecified atom stereocenters. The molecule has 1 saturated heterocycles. The zero-order chi connectivity index (χ0) is 20.5. The molecule has 9 nitrogen and oxygen atoms in total. The number of benzene rings is 1. The number of ether oxygens (including phenoxy) is 1. The number of nitrogens with one attached hydrogen (secondary N) is 1. The van der Waals surface area contributed by atoms with Crippen LogP contribution in [0.2, 0.25) is 4.34 Å². The van der Waals surface area contributed by atoms with Gasteiger partial charge in [-0.25, -0.2) is 8.42 Å². The molecule has 3 rings (SSSR count). The van der Waals surface area contributed by atoms with Gasteiger partial charge in [0.25, 0.3) is 15.7 Å². The van der Waals surface area contributed by atoms with Gasteiger partial charge in [-0.05, 0) is 37.1 Å². The van der Waals surface area contributed by atoms with Crippen molar-refractivity contribution < 1.29 is 22.9 Å². The molecular formula is C16H16ClN3O6S2. The van der Waals surface area contributed by atoms with Gasteiger partial charge in [0.1, 0.15) is 21.7 Å². The van der Waals surface area contributed by atoms with E-state index in [0.29, 0.717) is 17.2 Å². The Hall–Kier alpha value is -2.21. The van der Waals surface area contributed by atoms with Crippen LogP contribution in [0.4, 0.5) is 11.4 Å². The number of hydrogen-bond acceptors (Lipinski definition) is 7. The first-order valence-corrected chi connectivity index (χ1v) is 10.8. The maximum atomic E-state index is 12.8. The lowest BCUT2D eigenvalue weighted by molar-refractivity contribution is -0.384. The number of amides is 1. The highest BCUT2D eigenvalue weighted by molar-refractivity contribution is 7.91. The molecule has 0 aliphatic carbocycles. The normalized spacial score (nSPS) is 17.4. The summed E-state index contributed by atoms with van der Waals surface area (Å²) in [4.78, 5) is 23.4. The average Bonchev–Trinajstić information content (AvgIpc) is 3.31. The summed E-state index contributed by atoms with van der Waals surface area (Å²) in [6, 6.07) is 5.91. The third-order valence-electron chi connectivity index (χ3n) is 4.28. The van der Waals surface area contributed by atoms with Crippen molar-refractivity contribution >= 4 is 50.2 Å². The number of rotatable bonds is 6. The predicted molar refractivity (Wildman–Crippen MR) is 105 cm³/mol. The van der Waals surface area contributed by atoms with Crippen LogP contribution in [0.5, 0.6) is 5.75 Å². The molecule has 0 bridgehead atoms. The van der Waals surface area contributed by atoms with Crippen molar-refractivity contribution in [1.82, 2.24) is 4.31 Å². The number of carbonyl (C=O) groups is 1. The number of methoxy groups -OCH3 is 1. The number of halogens is 1. The Labute approximate surface area is 170 Å². The lowest BCUT2D eigenvalue weighted by atomic mass is 10.2. The summed E-state index contributed by atoms with van der Waals surface area (Å²) in [7, 11) is -2.52. The first-order valence-electron chi connectivity index (χ1n) is 8.14. The van der Waals surface area contributed by atoms with Crippen LogP contribution >= 0.6 is 22.9 Å². The van der Waals surface area contributed by atoms with Gasteiger partial charge >= 0.3 is 0 Å². The average molecular weight is 446 g/mol. The Bertz CT molecular complexity index is 1020. The van der Waals surface area contributed by atoms with E-state index in [1.54, 1.807) is 0 Å². The van der Waals surface area contributed by atoms with E-state index in [1.165, 1.54) is 37.4 Å². The summed E-state index contributed by atoms with van der Waals surface area (Å²) >= 11 is 6.74. The van der Waals surface area contributed by atoms with Crippen LogP contribution in [0.25, 0.3) is 0 Å². The van der Waals surface area contributed by atoms with Crippen molar-refractivity contribution in [1.29, 1.82) is 0 Å². The SMILES string of the molecule is COc1ccc(NC(=O)[C@H]2CCCN2S(=O)(=O)c2ccc(Cl)s2)c([N+](=O)[O-])c1. The molecule has 1 atom stereocenters. The summed E-state index contributed by atoms with van der Waals surface area (Å²) in [5.41, 5.74) is -0.371. The standard InChI is InChI=1S/C16H16ClN3O6S2/c1-26-10-4-5-11(13(9-10)20(22)23)18-16(21)12-3-2-8-19(12)28(24,25)15-7-6-14(17)27-15/h4-7,9,12H,2-3,8H2,1H3,(H,18,21)/t12-/m1/s1. The first kappa shape index (κ1) is 20.5. The molecule has 0 spiro atoms. The quantitative estimate of drug-likeness (QED) is 0.539. The molecule has 2 heterocycles. The van der Waals surface area contributed by atoms with Crippen LogP contribution in [-0.4, -0.2) is 43.2 Å². The predicted octanol–water partition coefficient (Wildman–Crippen LogP) is 3.11. The Morgan fingerprint density at radius 2 is 2.14 bits per heavy atom. The molecule has 2 aromatic rings. The third kappa shape index (κ3) is 3.97. The van der Waals surface area contributed by atoms with E-state index in [9.17, 15) is 23.3 Å². The third-order valence-corrected chi connectivity index (χ3v) is 7.88. The number of nitro benzene ring substituents is 1. The molecule has 1 N–H and O–H groups in total. The number of carbonyl (C=O) groups excluding carboxylic acids is 1. The van der Waals surface area contributed by atoms with Crippen molar-refractivity contribution in [2.75, 3.05) is 19.0 Å². The van der Waals surface area contributed by atoms with Crippen LogP contribution in [0.15, 0.2) is 34.5 Å². The van der Waals surface area contributed by atoms with E-state index in [-0.39, 0.29) is 27.9 Å². The van der Waals surface area contributed by atoms with E-state index in [0.717, 1.165) is 15.6 Å². The molecule has 1 amide bonds. The van der Waals surface area contributed by atoms with Crippen LogP contribution in [-0.2, 0) is 14.8 Å². The molecule has 1 aliphatic heterocycles. The minimum absolute atomic E-state index is 0.0285. The molecule has 1 aliphatic rings. The number of sulfonamides is 1. The van der Waals surface area contributed by atoms with Crippen LogP contribution in [0.3, 0.4) is 0 Å². The molecule has 1 aromatic carbocycles. The fraction of sp³-hybridized carbons (Fsp3) is 0.312. The number of hydrogen-bond donors (Lipinski definition) is 1. The maximum absolute atomic E-state index is 12.8. The van der Waals surface area contributed by atoms with Crippen molar-refractivity contribution in [3.8, 4) is 5.75 Å². The minimum atomic E-state index is -3.89. The van der Waals surface area contributed by atoms with Gasteiger partial charge in [-0.3, -0.25) is 14.9 Å². The minimum Gasteiger partial charge on any atom is -0.496 e. The smallest absolute Gasteiger partial charge is 0.296 e. The molecule has 1 fully saturated rings. The summed E-state index contributed by atoms with van der Waals surface area (Å²) in [6.07, 6.45) is 0.815. The van der Waals surface area contributed by atoms with Crippen molar-refractivity contribution in [2.24, 2.45) is 0 Å². The van der Waals surface area contributed by atoms with Crippen molar-refractivity contribution in [2.45, 2.75) is 23.1 Å². The molecule has 1 aromatic heterocycles. The van der Waals surface area contributed by atoms with E-state index in [4.69, 9.17) is 16.3 Å². The van der Waals surface area contributed by atoms with E-state index < -0.39 is 26.9 Å². The highest BCUT2D eigenvalue weighted by Crippen LogP contribution is 2.34. The largest absolute Gasteiger partial charge is 0.496 e. The van der Waals surface area contributed by atoms with Crippen LogP contribution in [0.1, 0.15) is 12.8 Å². The fourth-order valence-corrected chi connectivity index (χ4v) is 6.22. The first-order chi connectivity index (χ1) is 13.2. The van der Waals surface area contributed by atoms with Gasteiger partial charge in [-0.1, -0.05) is 11.6 Å². The molecular weight excluding hydrogens is 430 g/mol. The van der Waals surface area contributed by atoms with Gasteiger partial charge in [0.2, 0.25) is 5.91 Å². The zero-order valence-corrected chi connectivity index (χ0v) is 17.0. The lowest BCUT2D eigenvalue weighted by Gasteiger charge is -2.22. The van der Waals surface area contributed by atoms with E-state index in [1.807, 2.05) is 0 Å². The van der Waals surface area contributed by atoms with Crippen molar-refractivity contribution in [3.05, 3.63) is 44.8 Å². The van der Waals surface area contributed by atoms with E-state index in [2.05, 4.69) is 5.32 Å². The highest BCUT2D eigenvalue weighted by atomic mass is 35.5. The molecule has 12 heteroatoms. The second kappa shape index (κ2) is 8.03. The number of thiophene rings is 1. The summed E-state index contributed by atoms with van der Waals surface area (Å²) in [5.74, 6) is -0.360. The van der Waals surface area contributed by atoms with Gasteiger partial charge in [-0.15, -0.1) is 11.3 Å². The maximum Gasteiger partial charge on any atom is 0.296 e. The van der Waals surface area contributed by atoms with Crippen LogP contribution < -0.4 is 10.1 Å². The Kier molecular flexibility index (Phi) is 5.89. The number of nitro groups is 1. The highest BCUT2D eigenvalue weighted by Gasteiger charge is 2.40. The molecule has 150 valence electrons. The van der Waals surface area contributed by atoms with Gasteiger partial charge in [0, 0.05) is 6.54 Å². The lowest BCUT2D eigenvalue weighted by Crippen LogP contribution is -2.42. The molecule has 0 saturated carbocycles. The summed E-state index contributed by atoms with van der Waals surface area (Å²) in [5, 5.41) is 13.8. The summed E-state index contributed by atoms with van der Waals surface area (Å²) in [6.45, 7) is 0.181. The van der Waals surface area contributed by atoms with Gasteiger partial charge in [0.05, 0.1) is 22.4 Å². The monoisotopic (exact) mass is 445 g/mol. The van der Waals surface area contributed by atoms with Gasteiger partial charge < -0.3 is 10.1 Å². The van der Waals surface area contributed by atoms with Gasteiger partial charge in [0.15, 0.2) is 0 Å².